The largest absolute Gasteiger partial charge is 0.497 e. The molecule has 0 saturated carbocycles. The number of hydrogen-bond donors (Lipinski definition) is 1. The van der Waals surface area contributed by atoms with Crippen LogP contribution < -0.4 is 10.1 Å². The number of esters is 1. The minimum Gasteiger partial charge on any atom is -0.497 e. The molecule has 0 spiro atoms. The molecular weight excluding hydrogens is 286 g/mol. The number of carbonyl (C=O) groups excluding carboxylic acids is 1. The van der Waals surface area contributed by atoms with Crippen molar-refractivity contribution in [3.05, 3.63) is 22.7 Å². The maximum Gasteiger partial charge on any atom is 0.307 e. The van der Waals surface area contributed by atoms with Crippen LogP contribution in [-0.4, -0.2) is 26.2 Å². The van der Waals surface area contributed by atoms with Gasteiger partial charge in [-0.25, -0.2) is 0 Å². The number of methoxy groups -OCH3 is 2. The molecule has 1 aromatic rings. The highest BCUT2D eigenvalue weighted by Crippen LogP contribution is 2.27. The van der Waals surface area contributed by atoms with Gasteiger partial charge in [-0.2, -0.15) is 0 Å². The van der Waals surface area contributed by atoms with Crippen molar-refractivity contribution >= 4 is 27.6 Å². The fourth-order valence-corrected chi connectivity index (χ4v) is 1.75. The van der Waals surface area contributed by atoms with Gasteiger partial charge in [0.1, 0.15) is 5.75 Å². The minimum absolute atomic E-state index is 0.00847. The first kappa shape index (κ1) is 13.8. The van der Waals surface area contributed by atoms with Gasteiger partial charge in [0.15, 0.2) is 0 Å². The molecule has 1 atom stereocenters. The third kappa shape index (κ3) is 4.26. The van der Waals surface area contributed by atoms with E-state index in [1.807, 2.05) is 25.1 Å². The molecule has 0 aliphatic heterocycles. The van der Waals surface area contributed by atoms with Crippen molar-refractivity contribution in [3.63, 3.8) is 0 Å². The van der Waals surface area contributed by atoms with Crippen molar-refractivity contribution in [2.24, 2.45) is 0 Å². The number of hydrogen-bond acceptors (Lipinski definition) is 4. The molecule has 1 rings (SSSR count). The van der Waals surface area contributed by atoms with Gasteiger partial charge in [0, 0.05) is 16.6 Å². The van der Waals surface area contributed by atoms with Gasteiger partial charge in [-0.05, 0) is 35.0 Å². The summed E-state index contributed by atoms with van der Waals surface area (Å²) >= 11 is 3.44. The number of nitrogens with one attached hydrogen (secondary N) is 1. The van der Waals surface area contributed by atoms with Gasteiger partial charge in [-0.1, -0.05) is 0 Å². The van der Waals surface area contributed by atoms with Gasteiger partial charge in [0.05, 0.1) is 26.3 Å². The summed E-state index contributed by atoms with van der Waals surface area (Å²) in [5.41, 5.74) is 0.890. The maximum absolute atomic E-state index is 11.1. The number of carbonyl (C=O) groups is 1. The van der Waals surface area contributed by atoms with Gasteiger partial charge >= 0.3 is 5.97 Å². The molecular formula is C12H16BrNO3. The molecule has 94 valence electrons. The van der Waals surface area contributed by atoms with E-state index in [9.17, 15) is 4.79 Å². The van der Waals surface area contributed by atoms with Crippen molar-refractivity contribution in [2.45, 2.75) is 19.4 Å². The van der Waals surface area contributed by atoms with Gasteiger partial charge in [-0.15, -0.1) is 0 Å². The summed E-state index contributed by atoms with van der Waals surface area (Å²) in [6.45, 7) is 1.92. The van der Waals surface area contributed by atoms with Crippen LogP contribution in [0.25, 0.3) is 0 Å². The van der Waals surface area contributed by atoms with Crippen LogP contribution >= 0.6 is 15.9 Å². The van der Waals surface area contributed by atoms with Crippen LogP contribution in [0.2, 0.25) is 0 Å². The monoisotopic (exact) mass is 301 g/mol. The van der Waals surface area contributed by atoms with Gasteiger partial charge in [-0.3, -0.25) is 4.79 Å². The fourth-order valence-electron chi connectivity index (χ4n) is 1.39. The molecule has 1 aromatic carbocycles. The number of anilines is 1. The molecule has 0 heterocycles. The third-order valence-corrected chi connectivity index (χ3v) is 2.97. The van der Waals surface area contributed by atoms with Crippen molar-refractivity contribution < 1.29 is 14.3 Å². The molecule has 0 aliphatic carbocycles. The Bertz CT molecular complexity index is 395. The van der Waals surface area contributed by atoms with Crippen molar-refractivity contribution in [3.8, 4) is 5.75 Å². The predicted molar refractivity (Wildman–Crippen MR) is 70.4 cm³/mol. The molecule has 5 heteroatoms. The van der Waals surface area contributed by atoms with Crippen LogP contribution in [0.3, 0.4) is 0 Å². The van der Waals surface area contributed by atoms with E-state index in [0.29, 0.717) is 6.42 Å². The van der Waals surface area contributed by atoms with E-state index in [0.717, 1.165) is 15.9 Å². The first-order chi connectivity index (χ1) is 8.06. The standard InChI is InChI=1S/C12H16BrNO3/c1-8(6-12(15)17-3)14-11-7-9(16-2)4-5-10(11)13/h4-5,7-8,14H,6H2,1-3H3. The second-order valence-corrected chi connectivity index (χ2v) is 4.53. The topological polar surface area (TPSA) is 47.6 Å². The lowest BCUT2D eigenvalue weighted by molar-refractivity contribution is -0.140. The summed E-state index contributed by atoms with van der Waals surface area (Å²) in [5.74, 6) is 0.532. The summed E-state index contributed by atoms with van der Waals surface area (Å²) in [6.07, 6.45) is 0.320. The summed E-state index contributed by atoms with van der Waals surface area (Å²) in [7, 11) is 3.00. The molecule has 0 saturated heterocycles. The zero-order valence-corrected chi connectivity index (χ0v) is 11.7. The average Bonchev–Trinajstić information content (AvgIpc) is 2.31. The van der Waals surface area contributed by atoms with Crippen LogP contribution in [0.15, 0.2) is 22.7 Å². The number of halogens is 1. The van der Waals surface area contributed by atoms with Crippen LogP contribution in [0.1, 0.15) is 13.3 Å². The smallest absolute Gasteiger partial charge is 0.307 e. The van der Waals surface area contributed by atoms with E-state index in [1.54, 1.807) is 7.11 Å². The molecule has 1 unspecified atom stereocenters. The molecule has 0 aliphatic rings. The Balaban J connectivity index is 2.70. The first-order valence-corrected chi connectivity index (χ1v) is 6.03. The predicted octanol–water partition coefficient (Wildman–Crippen LogP) is 2.82. The zero-order chi connectivity index (χ0) is 12.8. The third-order valence-electron chi connectivity index (χ3n) is 2.28. The number of rotatable bonds is 5. The molecule has 1 N–H and O–H groups in total. The number of benzene rings is 1. The van der Waals surface area contributed by atoms with E-state index in [2.05, 4.69) is 26.0 Å². The van der Waals surface area contributed by atoms with E-state index in [-0.39, 0.29) is 12.0 Å². The van der Waals surface area contributed by atoms with E-state index >= 15 is 0 Å². The summed E-state index contributed by atoms with van der Waals surface area (Å²) in [5, 5.41) is 3.22. The summed E-state index contributed by atoms with van der Waals surface area (Å²) in [4.78, 5) is 11.1. The molecule has 0 amide bonds. The van der Waals surface area contributed by atoms with Crippen molar-refractivity contribution in [1.29, 1.82) is 0 Å². The quantitative estimate of drug-likeness (QED) is 0.850. The van der Waals surface area contributed by atoms with Gasteiger partial charge < -0.3 is 14.8 Å². The lowest BCUT2D eigenvalue weighted by atomic mass is 10.2. The second-order valence-electron chi connectivity index (χ2n) is 3.67. The first-order valence-electron chi connectivity index (χ1n) is 5.23. The minimum atomic E-state index is -0.232. The maximum atomic E-state index is 11.1. The lowest BCUT2D eigenvalue weighted by Crippen LogP contribution is -2.20. The van der Waals surface area contributed by atoms with E-state index in [1.165, 1.54) is 7.11 Å². The fraction of sp³-hybridized carbons (Fsp3) is 0.417. The van der Waals surface area contributed by atoms with E-state index < -0.39 is 0 Å². The Morgan fingerprint density at radius 3 is 2.76 bits per heavy atom. The normalized spacial score (nSPS) is 11.8. The SMILES string of the molecule is COC(=O)CC(C)Nc1cc(OC)ccc1Br. The average molecular weight is 302 g/mol. The Kier molecular flexibility index (Phi) is 5.28. The molecule has 4 nitrogen and oxygen atoms in total. The van der Waals surface area contributed by atoms with Crippen LogP contribution in [-0.2, 0) is 9.53 Å². The highest BCUT2D eigenvalue weighted by molar-refractivity contribution is 9.10. The van der Waals surface area contributed by atoms with Gasteiger partial charge in [0.2, 0.25) is 0 Å². The Morgan fingerprint density at radius 1 is 1.47 bits per heavy atom. The molecule has 0 radical (unpaired) electrons. The summed E-state index contributed by atoms with van der Waals surface area (Å²) in [6, 6.07) is 5.62. The molecule has 0 fully saturated rings. The van der Waals surface area contributed by atoms with Crippen LogP contribution in [0, 0.1) is 0 Å². The number of ether oxygens (including phenoxy) is 2. The molecule has 0 bridgehead atoms. The molecule has 0 aromatic heterocycles. The van der Waals surface area contributed by atoms with Crippen LogP contribution in [0.4, 0.5) is 5.69 Å². The molecule has 17 heavy (non-hydrogen) atoms. The van der Waals surface area contributed by atoms with Gasteiger partial charge in [0.25, 0.3) is 0 Å². The zero-order valence-electron chi connectivity index (χ0n) is 10.1. The van der Waals surface area contributed by atoms with Crippen molar-refractivity contribution in [2.75, 3.05) is 19.5 Å². The highest BCUT2D eigenvalue weighted by atomic mass is 79.9. The van der Waals surface area contributed by atoms with E-state index in [4.69, 9.17) is 4.74 Å². The Morgan fingerprint density at radius 2 is 2.18 bits per heavy atom. The summed E-state index contributed by atoms with van der Waals surface area (Å²) < 4.78 is 10.7. The highest BCUT2D eigenvalue weighted by Gasteiger charge is 2.10. The lowest BCUT2D eigenvalue weighted by Gasteiger charge is -2.16. The van der Waals surface area contributed by atoms with Crippen molar-refractivity contribution in [1.82, 2.24) is 0 Å². The Labute approximate surface area is 109 Å². The second kappa shape index (κ2) is 6.49. The Hall–Kier alpha value is -1.23. The van der Waals surface area contributed by atoms with Crippen LogP contribution in [0.5, 0.6) is 5.75 Å².